The summed E-state index contributed by atoms with van der Waals surface area (Å²) in [6.07, 6.45) is 1.48. The van der Waals surface area contributed by atoms with Crippen LogP contribution in [-0.2, 0) is 24.4 Å². The van der Waals surface area contributed by atoms with Crippen LogP contribution in [0.2, 0.25) is 0 Å². The summed E-state index contributed by atoms with van der Waals surface area (Å²) in [4.78, 5) is 26.9. The third-order valence-electron chi connectivity index (χ3n) is 2.81. The van der Waals surface area contributed by atoms with Gasteiger partial charge in [-0.1, -0.05) is 13.3 Å². The number of carbonyl (C=O) groups excluding carboxylic acids is 2. The maximum absolute atomic E-state index is 12.4. The summed E-state index contributed by atoms with van der Waals surface area (Å²) in [5.74, 6) is -1.37. The van der Waals surface area contributed by atoms with Crippen molar-refractivity contribution in [2.45, 2.75) is 31.6 Å². The van der Waals surface area contributed by atoms with E-state index in [0.717, 1.165) is 13.5 Å². The SMILES string of the molecule is CCCCNS(=O)(=O)c1cc(NOC(C)=O)ccc1C(=O)OC. The van der Waals surface area contributed by atoms with E-state index in [4.69, 9.17) is 0 Å². The van der Waals surface area contributed by atoms with Crippen LogP contribution >= 0.6 is 0 Å². The molecule has 0 aliphatic rings. The van der Waals surface area contributed by atoms with Gasteiger partial charge in [-0.2, -0.15) is 0 Å². The Kier molecular flexibility index (Phi) is 6.98. The molecule has 2 N–H and O–H groups in total. The molecule has 0 spiro atoms. The molecule has 0 aliphatic heterocycles. The summed E-state index contributed by atoms with van der Waals surface area (Å²) in [6, 6.07) is 3.88. The molecule has 1 rings (SSSR count). The second-order valence-corrected chi connectivity index (χ2v) is 6.38. The molecule has 9 heteroatoms. The van der Waals surface area contributed by atoms with Crippen molar-refractivity contribution >= 4 is 27.6 Å². The minimum atomic E-state index is -3.91. The van der Waals surface area contributed by atoms with Gasteiger partial charge >= 0.3 is 11.9 Å². The Morgan fingerprint density at radius 1 is 1.26 bits per heavy atom. The van der Waals surface area contributed by atoms with Gasteiger partial charge in [0, 0.05) is 13.5 Å². The monoisotopic (exact) mass is 344 g/mol. The summed E-state index contributed by atoms with van der Waals surface area (Å²) >= 11 is 0. The zero-order chi connectivity index (χ0) is 17.5. The number of anilines is 1. The van der Waals surface area contributed by atoms with Crippen molar-refractivity contribution in [1.29, 1.82) is 0 Å². The number of nitrogens with one attached hydrogen (secondary N) is 2. The average molecular weight is 344 g/mol. The van der Waals surface area contributed by atoms with Gasteiger partial charge in [0.25, 0.3) is 0 Å². The Balaban J connectivity index is 3.19. The van der Waals surface area contributed by atoms with Gasteiger partial charge in [-0.3, -0.25) is 4.79 Å². The Hall–Kier alpha value is -2.13. The van der Waals surface area contributed by atoms with Crippen molar-refractivity contribution in [3.05, 3.63) is 23.8 Å². The van der Waals surface area contributed by atoms with E-state index in [9.17, 15) is 18.0 Å². The number of carbonyl (C=O) groups is 2. The molecule has 0 aliphatic carbocycles. The maximum atomic E-state index is 12.4. The van der Waals surface area contributed by atoms with Crippen LogP contribution in [0.5, 0.6) is 0 Å². The van der Waals surface area contributed by atoms with Crippen molar-refractivity contribution < 1.29 is 27.6 Å². The number of benzene rings is 1. The van der Waals surface area contributed by atoms with E-state index in [-0.39, 0.29) is 22.7 Å². The van der Waals surface area contributed by atoms with E-state index in [1.165, 1.54) is 25.1 Å². The quantitative estimate of drug-likeness (QED) is 0.417. The standard InChI is InChI=1S/C14H20N2O6S/c1-4-5-8-15-23(19,20)13-9-11(16-22-10(2)17)6-7-12(13)14(18)21-3/h6-7,9,15-16H,4-5,8H2,1-3H3. The van der Waals surface area contributed by atoms with E-state index >= 15 is 0 Å². The van der Waals surface area contributed by atoms with Gasteiger partial charge in [-0.15, -0.1) is 0 Å². The van der Waals surface area contributed by atoms with E-state index in [0.29, 0.717) is 6.42 Å². The number of methoxy groups -OCH3 is 1. The highest BCUT2D eigenvalue weighted by molar-refractivity contribution is 7.89. The second kappa shape index (κ2) is 8.49. The molecule has 0 radical (unpaired) electrons. The molecule has 23 heavy (non-hydrogen) atoms. The predicted octanol–water partition coefficient (Wildman–Crippen LogP) is 1.44. The smallest absolute Gasteiger partial charge is 0.339 e. The number of ether oxygens (including phenoxy) is 1. The van der Waals surface area contributed by atoms with E-state index in [1.807, 2.05) is 6.92 Å². The molecular weight excluding hydrogens is 324 g/mol. The number of esters is 1. The molecule has 0 atom stereocenters. The molecule has 8 nitrogen and oxygen atoms in total. The first-order valence-corrected chi connectivity index (χ1v) is 8.45. The number of sulfonamides is 1. The number of hydrogen-bond donors (Lipinski definition) is 2. The van der Waals surface area contributed by atoms with Gasteiger partial charge in [-0.05, 0) is 24.6 Å². The maximum Gasteiger partial charge on any atom is 0.339 e. The Bertz CT molecular complexity index is 672. The lowest BCUT2D eigenvalue weighted by Crippen LogP contribution is -2.27. The molecule has 0 heterocycles. The summed E-state index contributed by atoms with van der Waals surface area (Å²) in [5, 5.41) is 0. The molecule has 0 fully saturated rings. The van der Waals surface area contributed by atoms with Crippen molar-refractivity contribution in [3.8, 4) is 0 Å². The topological polar surface area (TPSA) is 111 Å². The van der Waals surface area contributed by atoms with Crippen LogP contribution in [0.15, 0.2) is 23.1 Å². The van der Waals surface area contributed by atoms with Crippen molar-refractivity contribution in [2.24, 2.45) is 0 Å². The third-order valence-corrected chi connectivity index (χ3v) is 4.31. The highest BCUT2D eigenvalue weighted by Gasteiger charge is 2.23. The largest absolute Gasteiger partial charge is 0.465 e. The highest BCUT2D eigenvalue weighted by Crippen LogP contribution is 2.22. The zero-order valence-corrected chi connectivity index (χ0v) is 14.0. The predicted molar refractivity (Wildman–Crippen MR) is 83.3 cm³/mol. The van der Waals surface area contributed by atoms with Crippen LogP contribution in [0.25, 0.3) is 0 Å². The van der Waals surface area contributed by atoms with Crippen LogP contribution in [0.4, 0.5) is 5.69 Å². The molecule has 0 bridgehead atoms. The van der Waals surface area contributed by atoms with Gasteiger partial charge in [0.1, 0.15) is 0 Å². The normalized spacial score (nSPS) is 10.9. The van der Waals surface area contributed by atoms with Gasteiger partial charge < -0.3 is 9.57 Å². The fraction of sp³-hybridized carbons (Fsp3) is 0.429. The van der Waals surface area contributed by atoms with Crippen LogP contribution in [-0.4, -0.2) is 34.0 Å². The molecule has 1 aromatic carbocycles. The van der Waals surface area contributed by atoms with Crippen LogP contribution in [0.3, 0.4) is 0 Å². The summed E-state index contributed by atoms with van der Waals surface area (Å²) in [6.45, 7) is 3.37. The molecule has 0 unspecified atom stereocenters. The van der Waals surface area contributed by atoms with Gasteiger partial charge in [0.05, 0.1) is 23.3 Å². The van der Waals surface area contributed by atoms with E-state index in [2.05, 4.69) is 19.8 Å². The number of hydrogen-bond acceptors (Lipinski definition) is 7. The van der Waals surface area contributed by atoms with Crippen LogP contribution < -0.4 is 10.2 Å². The summed E-state index contributed by atoms with van der Waals surface area (Å²) in [5.41, 5.74) is 2.42. The average Bonchev–Trinajstić information content (AvgIpc) is 2.52. The molecule has 0 saturated carbocycles. The summed E-state index contributed by atoms with van der Waals surface area (Å²) in [7, 11) is -2.75. The molecule has 128 valence electrons. The van der Waals surface area contributed by atoms with Gasteiger partial charge in [-0.25, -0.2) is 23.4 Å². The second-order valence-electron chi connectivity index (χ2n) is 4.65. The van der Waals surface area contributed by atoms with Crippen molar-refractivity contribution in [1.82, 2.24) is 4.72 Å². The minimum Gasteiger partial charge on any atom is -0.465 e. The number of unbranched alkanes of at least 4 members (excludes halogenated alkanes) is 1. The molecule has 0 saturated heterocycles. The Labute approximate surface area is 135 Å². The fourth-order valence-corrected chi connectivity index (χ4v) is 2.97. The van der Waals surface area contributed by atoms with Crippen molar-refractivity contribution in [3.63, 3.8) is 0 Å². The molecule has 0 aromatic heterocycles. The fourth-order valence-electron chi connectivity index (χ4n) is 1.68. The molecule has 1 aromatic rings. The zero-order valence-electron chi connectivity index (χ0n) is 13.2. The lowest BCUT2D eigenvalue weighted by molar-refractivity contribution is -0.138. The van der Waals surface area contributed by atoms with Crippen molar-refractivity contribution in [2.75, 3.05) is 19.1 Å². The first-order chi connectivity index (χ1) is 10.8. The first-order valence-electron chi connectivity index (χ1n) is 6.97. The van der Waals surface area contributed by atoms with Crippen LogP contribution in [0.1, 0.15) is 37.0 Å². The third kappa shape index (κ3) is 5.53. The van der Waals surface area contributed by atoms with E-state index < -0.39 is 22.0 Å². The van der Waals surface area contributed by atoms with Gasteiger partial charge in [0.2, 0.25) is 10.0 Å². The van der Waals surface area contributed by atoms with E-state index in [1.54, 1.807) is 0 Å². The number of rotatable bonds is 8. The lowest BCUT2D eigenvalue weighted by Gasteiger charge is -2.12. The Morgan fingerprint density at radius 3 is 2.52 bits per heavy atom. The molecule has 0 amide bonds. The first kappa shape index (κ1) is 18.9. The Morgan fingerprint density at radius 2 is 1.96 bits per heavy atom. The van der Waals surface area contributed by atoms with Gasteiger partial charge in [0.15, 0.2) is 0 Å². The molecular formula is C14H20N2O6S. The highest BCUT2D eigenvalue weighted by atomic mass is 32.2. The minimum absolute atomic E-state index is 0.107. The van der Waals surface area contributed by atoms with Crippen LogP contribution in [0, 0.1) is 0 Å². The summed E-state index contributed by atoms with van der Waals surface area (Å²) < 4.78 is 31.8. The lowest BCUT2D eigenvalue weighted by atomic mass is 10.2.